The lowest BCUT2D eigenvalue weighted by Crippen LogP contribution is -2.34. The summed E-state index contributed by atoms with van der Waals surface area (Å²) in [7, 11) is -0.601. The average molecular weight is 253 g/mol. The van der Waals surface area contributed by atoms with E-state index < -0.39 is 19.2 Å². The smallest absolute Gasteiger partial charge is 0.308 e. The van der Waals surface area contributed by atoms with Crippen LogP contribution in [0.15, 0.2) is 0 Å². The Bertz CT molecular complexity index is 261. The summed E-state index contributed by atoms with van der Waals surface area (Å²) in [5, 5.41) is 1.01. The molecule has 0 bridgehead atoms. The van der Waals surface area contributed by atoms with Gasteiger partial charge in [-0.2, -0.15) is 0 Å². The van der Waals surface area contributed by atoms with E-state index in [1.165, 1.54) is 21.1 Å². The van der Waals surface area contributed by atoms with Crippen LogP contribution in [0.5, 0.6) is 0 Å². The molecule has 1 atom stereocenters. The van der Waals surface area contributed by atoms with Crippen LogP contribution < -0.4 is 0 Å². The zero-order valence-electron chi connectivity index (χ0n) is 10.4. The normalized spacial score (nSPS) is 13.6. The van der Waals surface area contributed by atoms with Crippen LogP contribution in [0.25, 0.3) is 0 Å². The van der Waals surface area contributed by atoms with Crippen LogP contribution in [0, 0.1) is 0 Å². The Morgan fingerprint density at radius 2 is 1.75 bits per heavy atom. The fraction of sp³-hybridized carbons (Fsp3) is 0.889. The third-order valence-corrected chi connectivity index (χ3v) is 4.44. The second-order valence-corrected chi connectivity index (χ2v) is 5.44. The topological polar surface area (TPSA) is 65.1 Å². The van der Waals surface area contributed by atoms with E-state index in [1.807, 2.05) is 0 Å². The minimum Gasteiger partial charge on any atom is -0.308 e. The Morgan fingerprint density at radius 1 is 1.31 bits per heavy atom. The van der Waals surface area contributed by atoms with Crippen molar-refractivity contribution in [3.05, 3.63) is 0 Å². The largest absolute Gasteiger partial charge is 0.342 e. The van der Waals surface area contributed by atoms with Crippen LogP contribution in [0.4, 0.5) is 0 Å². The Kier molecular flexibility index (Phi) is 6.83. The number of hydrogen-bond acceptors (Lipinski definition) is 5. The highest BCUT2D eigenvalue weighted by molar-refractivity contribution is 7.55. The molecule has 96 valence electrons. The maximum Gasteiger partial charge on any atom is 0.342 e. The first-order chi connectivity index (χ1) is 7.42. The second-order valence-electron chi connectivity index (χ2n) is 3.07. The lowest BCUT2D eigenvalue weighted by molar-refractivity contribution is -0.168. The Labute approximate surface area is 96.3 Å². The van der Waals surface area contributed by atoms with Crippen LogP contribution in [0.1, 0.15) is 20.8 Å². The number of carbonyl (C=O) groups excluding carboxylic acids is 1. The summed E-state index contributed by atoms with van der Waals surface area (Å²) in [6.07, 6.45) is 0. The molecule has 1 unspecified atom stereocenters. The van der Waals surface area contributed by atoms with Crippen molar-refractivity contribution in [3.63, 3.8) is 0 Å². The summed E-state index contributed by atoms with van der Waals surface area (Å²) in [5.41, 5.74) is -0.877. The highest BCUT2D eigenvalue weighted by Gasteiger charge is 2.39. The van der Waals surface area contributed by atoms with Crippen molar-refractivity contribution in [2.24, 2.45) is 0 Å². The third-order valence-electron chi connectivity index (χ3n) is 2.03. The number of hydrogen-bond donors (Lipinski definition) is 0. The quantitative estimate of drug-likeness (QED) is 0.510. The molecule has 16 heavy (non-hydrogen) atoms. The highest BCUT2D eigenvalue weighted by atomic mass is 31.2. The van der Waals surface area contributed by atoms with E-state index in [4.69, 9.17) is 13.9 Å². The predicted molar refractivity (Wildman–Crippen MR) is 60.1 cm³/mol. The molecule has 0 aromatic carbocycles. The predicted octanol–water partition coefficient (Wildman–Crippen LogP) is 1.66. The van der Waals surface area contributed by atoms with Gasteiger partial charge in [0.15, 0.2) is 0 Å². The number of hydroxylamine groups is 2. The molecule has 1 amide bonds. The first kappa shape index (κ1) is 15.6. The van der Waals surface area contributed by atoms with Crippen molar-refractivity contribution in [1.29, 1.82) is 0 Å². The molecule has 6 nitrogen and oxygen atoms in total. The summed E-state index contributed by atoms with van der Waals surface area (Å²) in [6, 6.07) is 0. The first-order valence-corrected chi connectivity index (χ1v) is 6.74. The first-order valence-electron chi connectivity index (χ1n) is 5.13. The van der Waals surface area contributed by atoms with Gasteiger partial charge in [-0.1, -0.05) is 0 Å². The molecular formula is C9H20NO5P. The van der Waals surface area contributed by atoms with Gasteiger partial charge >= 0.3 is 7.60 Å². The van der Waals surface area contributed by atoms with E-state index in [0.29, 0.717) is 0 Å². The summed E-state index contributed by atoms with van der Waals surface area (Å²) < 4.78 is 22.4. The number of amides is 1. The SMILES string of the molecule is CCOP(=O)(OCC)C(C)C(=O)N(C)OC. The zero-order valence-corrected chi connectivity index (χ0v) is 11.3. The van der Waals surface area contributed by atoms with Gasteiger partial charge < -0.3 is 9.05 Å². The molecule has 7 heteroatoms. The lowest BCUT2D eigenvalue weighted by atomic mass is 10.4. The molecule has 0 aromatic rings. The van der Waals surface area contributed by atoms with E-state index in [-0.39, 0.29) is 13.2 Å². The van der Waals surface area contributed by atoms with Crippen LogP contribution >= 0.6 is 7.60 Å². The van der Waals surface area contributed by atoms with Crippen molar-refractivity contribution in [1.82, 2.24) is 5.06 Å². The monoisotopic (exact) mass is 253 g/mol. The maximum atomic E-state index is 12.2. The van der Waals surface area contributed by atoms with Gasteiger partial charge in [0.05, 0.1) is 20.3 Å². The molecule has 0 rings (SSSR count). The molecule has 0 saturated carbocycles. The zero-order chi connectivity index (χ0) is 12.8. The third kappa shape index (κ3) is 3.87. The molecular weight excluding hydrogens is 233 g/mol. The highest BCUT2D eigenvalue weighted by Crippen LogP contribution is 2.53. The molecule has 0 heterocycles. The van der Waals surface area contributed by atoms with Crippen molar-refractivity contribution in [2.75, 3.05) is 27.4 Å². The van der Waals surface area contributed by atoms with Gasteiger partial charge in [-0.15, -0.1) is 0 Å². The summed E-state index contributed by atoms with van der Waals surface area (Å²) in [5.74, 6) is -0.437. The number of carbonyl (C=O) groups is 1. The van der Waals surface area contributed by atoms with Crippen molar-refractivity contribution >= 4 is 13.5 Å². The molecule has 0 aliphatic rings. The molecule has 0 spiro atoms. The Morgan fingerprint density at radius 3 is 2.06 bits per heavy atom. The van der Waals surface area contributed by atoms with Crippen LogP contribution in [0.3, 0.4) is 0 Å². The van der Waals surface area contributed by atoms with E-state index in [1.54, 1.807) is 13.8 Å². The summed E-state index contributed by atoms with van der Waals surface area (Å²) in [4.78, 5) is 16.5. The van der Waals surface area contributed by atoms with E-state index in [2.05, 4.69) is 0 Å². The fourth-order valence-corrected chi connectivity index (χ4v) is 2.78. The molecule has 0 radical (unpaired) electrons. The Balaban J connectivity index is 4.80. The van der Waals surface area contributed by atoms with Gasteiger partial charge in [-0.05, 0) is 20.8 Å². The molecule has 0 fully saturated rings. The molecule has 0 aromatic heterocycles. The minimum atomic E-state index is -3.40. The van der Waals surface area contributed by atoms with Gasteiger partial charge in [0.2, 0.25) is 0 Å². The van der Waals surface area contributed by atoms with E-state index in [0.717, 1.165) is 5.06 Å². The van der Waals surface area contributed by atoms with Gasteiger partial charge in [0, 0.05) is 7.05 Å². The maximum absolute atomic E-state index is 12.2. The summed E-state index contributed by atoms with van der Waals surface area (Å²) >= 11 is 0. The average Bonchev–Trinajstić information content (AvgIpc) is 2.26. The standard InChI is InChI=1S/C9H20NO5P/c1-6-14-16(12,15-7-2)8(3)9(11)10(4)13-5/h8H,6-7H2,1-5H3. The Hall–Kier alpha value is -0.420. The van der Waals surface area contributed by atoms with Crippen molar-refractivity contribution in [2.45, 2.75) is 26.4 Å². The number of nitrogens with zero attached hydrogens (tertiary/aromatic N) is 1. The molecule has 0 aliphatic carbocycles. The van der Waals surface area contributed by atoms with Gasteiger partial charge in [-0.3, -0.25) is 14.2 Å². The van der Waals surface area contributed by atoms with Gasteiger partial charge in [-0.25, -0.2) is 5.06 Å². The number of rotatable bonds is 7. The van der Waals surface area contributed by atoms with Crippen molar-refractivity contribution in [3.8, 4) is 0 Å². The minimum absolute atomic E-state index is 0.228. The molecule has 0 aliphatic heterocycles. The van der Waals surface area contributed by atoms with Crippen LogP contribution in [-0.2, 0) is 23.2 Å². The molecule has 0 saturated heterocycles. The van der Waals surface area contributed by atoms with E-state index >= 15 is 0 Å². The second kappa shape index (κ2) is 7.01. The summed E-state index contributed by atoms with van der Waals surface area (Å²) in [6.45, 7) is 5.35. The van der Waals surface area contributed by atoms with Crippen LogP contribution in [-0.4, -0.2) is 44.0 Å². The molecule has 0 N–H and O–H groups in total. The fourth-order valence-electron chi connectivity index (χ4n) is 1.11. The van der Waals surface area contributed by atoms with Gasteiger partial charge in [0.1, 0.15) is 5.66 Å². The van der Waals surface area contributed by atoms with Crippen molar-refractivity contribution < 1.29 is 23.2 Å². The van der Waals surface area contributed by atoms with Crippen LogP contribution in [0.2, 0.25) is 0 Å². The lowest BCUT2D eigenvalue weighted by Gasteiger charge is -2.25. The van der Waals surface area contributed by atoms with E-state index in [9.17, 15) is 9.36 Å². The van der Waals surface area contributed by atoms with Gasteiger partial charge in [0.25, 0.3) is 5.91 Å².